The number of nitrogens with one attached hydrogen (secondary N) is 1. The molecule has 0 aliphatic carbocycles. The molecule has 1 heterocycles. The van der Waals surface area contributed by atoms with E-state index in [2.05, 4.69) is 10.4 Å². The first-order chi connectivity index (χ1) is 8.22. The molecular formula is C12H15FN4. The summed E-state index contributed by atoms with van der Waals surface area (Å²) in [4.78, 5) is 0. The summed E-state index contributed by atoms with van der Waals surface area (Å²) < 4.78 is 14.6. The lowest BCUT2D eigenvalue weighted by Crippen LogP contribution is -2.13. The number of halogens is 1. The maximum atomic E-state index is 12.9. The number of hydrogen-bond acceptors (Lipinski definition) is 3. The molecule has 0 aliphatic heterocycles. The highest BCUT2D eigenvalue weighted by atomic mass is 19.1. The molecule has 0 spiro atoms. The quantitative estimate of drug-likeness (QED) is 0.844. The number of anilines is 1. The van der Waals surface area contributed by atoms with Crippen LogP contribution < -0.4 is 11.1 Å². The van der Waals surface area contributed by atoms with E-state index in [-0.39, 0.29) is 5.82 Å². The fourth-order valence-electron chi connectivity index (χ4n) is 1.72. The number of nitrogens with two attached hydrogens (primary N) is 1. The summed E-state index contributed by atoms with van der Waals surface area (Å²) in [5, 5.41) is 7.38. The van der Waals surface area contributed by atoms with Crippen LogP contribution in [0.2, 0.25) is 0 Å². The molecule has 5 heteroatoms. The standard InChI is InChI=1S/C12H15FN4/c1-17-12(9-2-4-10(13)5-3-9)11(8-16-17)15-7-6-14/h2-5,8,15H,6-7,14H2,1H3. The van der Waals surface area contributed by atoms with Crippen molar-refractivity contribution >= 4 is 5.69 Å². The van der Waals surface area contributed by atoms with E-state index >= 15 is 0 Å². The van der Waals surface area contributed by atoms with Crippen molar-refractivity contribution in [1.29, 1.82) is 0 Å². The van der Waals surface area contributed by atoms with Crippen LogP contribution in [0.4, 0.5) is 10.1 Å². The SMILES string of the molecule is Cn1ncc(NCCN)c1-c1ccc(F)cc1. The van der Waals surface area contributed by atoms with Crippen LogP contribution in [0, 0.1) is 5.82 Å². The zero-order chi connectivity index (χ0) is 12.3. The Bertz CT molecular complexity index is 490. The number of aryl methyl sites for hydroxylation is 1. The number of aromatic nitrogens is 2. The van der Waals surface area contributed by atoms with Crippen LogP contribution in [-0.4, -0.2) is 22.9 Å². The van der Waals surface area contributed by atoms with Gasteiger partial charge >= 0.3 is 0 Å². The molecule has 1 aromatic heterocycles. The molecule has 0 aliphatic rings. The summed E-state index contributed by atoms with van der Waals surface area (Å²) in [6.07, 6.45) is 1.74. The topological polar surface area (TPSA) is 55.9 Å². The highest BCUT2D eigenvalue weighted by Crippen LogP contribution is 2.27. The van der Waals surface area contributed by atoms with E-state index in [9.17, 15) is 4.39 Å². The van der Waals surface area contributed by atoms with E-state index in [1.807, 2.05) is 7.05 Å². The third-order valence-corrected chi connectivity index (χ3v) is 2.52. The number of nitrogens with zero attached hydrogens (tertiary/aromatic N) is 2. The summed E-state index contributed by atoms with van der Waals surface area (Å²) in [6, 6.07) is 6.35. The molecule has 0 fully saturated rings. The van der Waals surface area contributed by atoms with Crippen molar-refractivity contribution in [1.82, 2.24) is 9.78 Å². The average molecular weight is 234 g/mol. The third kappa shape index (κ3) is 2.45. The van der Waals surface area contributed by atoms with Gasteiger partial charge in [-0.3, -0.25) is 4.68 Å². The summed E-state index contributed by atoms with van der Waals surface area (Å²) in [6.45, 7) is 1.23. The molecular weight excluding hydrogens is 219 g/mol. The Balaban J connectivity index is 2.36. The van der Waals surface area contributed by atoms with Gasteiger partial charge in [-0.25, -0.2) is 4.39 Å². The van der Waals surface area contributed by atoms with Crippen LogP contribution in [0.15, 0.2) is 30.5 Å². The predicted molar refractivity (Wildman–Crippen MR) is 66.1 cm³/mol. The predicted octanol–water partition coefficient (Wildman–Crippen LogP) is 1.60. The van der Waals surface area contributed by atoms with Crippen molar-refractivity contribution in [3.8, 4) is 11.3 Å². The zero-order valence-electron chi connectivity index (χ0n) is 9.65. The van der Waals surface area contributed by atoms with Crippen LogP contribution in [0.25, 0.3) is 11.3 Å². The van der Waals surface area contributed by atoms with Crippen molar-refractivity contribution in [2.75, 3.05) is 18.4 Å². The van der Waals surface area contributed by atoms with Gasteiger partial charge in [-0.1, -0.05) is 0 Å². The Morgan fingerprint density at radius 1 is 1.35 bits per heavy atom. The summed E-state index contributed by atoms with van der Waals surface area (Å²) >= 11 is 0. The fraction of sp³-hybridized carbons (Fsp3) is 0.250. The van der Waals surface area contributed by atoms with Crippen LogP contribution in [0.5, 0.6) is 0 Å². The maximum Gasteiger partial charge on any atom is 0.123 e. The highest BCUT2D eigenvalue weighted by molar-refractivity contribution is 5.74. The van der Waals surface area contributed by atoms with Crippen LogP contribution in [-0.2, 0) is 7.05 Å². The molecule has 3 N–H and O–H groups in total. The van der Waals surface area contributed by atoms with Gasteiger partial charge in [0.25, 0.3) is 0 Å². The van der Waals surface area contributed by atoms with Gasteiger partial charge in [0, 0.05) is 25.7 Å². The number of hydrogen-bond donors (Lipinski definition) is 2. The minimum atomic E-state index is -0.243. The van der Waals surface area contributed by atoms with Gasteiger partial charge in [-0.05, 0) is 24.3 Å². The summed E-state index contributed by atoms with van der Waals surface area (Å²) in [7, 11) is 1.85. The average Bonchev–Trinajstić information content (AvgIpc) is 2.69. The fourth-order valence-corrected chi connectivity index (χ4v) is 1.72. The smallest absolute Gasteiger partial charge is 0.123 e. The molecule has 1 aromatic carbocycles. The Morgan fingerprint density at radius 3 is 2.71 bits per heavy atom. The molecule has 0 saturated heterocycles. The number of rotatable bonds is 4. The highest BCUT2D eigenvalue weighted by Gasteiger charge is 2.10. The first-order valence-electron chi connectivity index (χ1n) is 5.44. The van der Waals surface area contributed by atoms with E-state index in [1.54, 1.807) is 23.0 Å². The van der Waals surface area contributed by atoms with Gasteiger partial charge in [-0.15, -0.1) is 0 Å². The van der Waals surface area contributed by atoms with Crippen LogP contribution in [0.3, 0.4) is 0 Å². The number of benzene rings is 1. The van der Waals surface area contributed by atoms with Crippen LogP contribution >= 0.6 is 0 Å². The van der Waals surface area contributed by atoms with Gasteiger partial charge in [0.1, 0.15) is 5.82 Å². The Morgan fingerprint density at radius 2 is 2.06 bits per heavy atom. The first kappa shape index (κ1) is 11.6. The lowest BCUT2D eigenvalue weighted by atomic mass is 10.1. The Kier molecular flexibility index (Phi) is 3.39. The molecule has 0 amide bonds. The van der Waals surface area contributed by atoms with Crippen molar-refractivity contribution < 1.29 is 4.39 Å². The van der Waals surface area contributed by atoms with E-state index in [0.717, 1.165) is 16.9 Å². The molecule has 4 nitrogen and oxygen atoms in total. The van der Waals surface area contributed by atoms with E-state index < -0.39 is 0 Å². The molecule has 17 heavy (non-hydrogen) atoms. The van der Waals surface area contributed by atoms with Crippen molar-refractivity contribution in [2.45, 2.75) is 0 Å². The van der Waals surface area contributed by atoms with Gasteiger partial charge in [0.15, 0.2) is 0 Å². The molecule has 2 rings (SSSR count). The lowest BCUT2D eigenvalue weighted by molar-refractivity contribution is 0.628. The van der Waals surface area contributed by atoms with Crippen molar-refractivity contribution in [3.63, 3.8) is 0 Å². The molecule has 0 unspecified atom stereocenters. The molecule has 0 saturated carbocycles. The Hall–Kier alpha value is -1.88. The summed E-state index contributed by atoms with van der Waals surface area (Å²) in [5.41, 5.74) is 8.21. The monoisotopic (exact) mass is 234 g/mol. The molecule has 0 atom stereocenters. The molecule has 0 radical (unpaired) electrons. The van der Waals surface area contributed by atoms with E-state index in [0.29, 0.717) is 13.1 Å². The Labute approximate surface area is 99.2 Å². The van der Waals surface area contributed by atoms with E-state index in [1.165, 1.54) is 12.1 Å². The van der Waals surface area contributed by atoms with Crippen molar-refractivity contribution in [3.05, 3.63) is 36.3 Å². The minimum Gasteiger partial charge on any atom is -0.381 e. The van der Waals surface area contributed by atoms with Crippen LogP contribution in [0.1, 0.15) is 0 Å². The molecule has 90 valence electrons. The largest absolute Gasteiger partial charge is 0.381 e. The van der Waals surface area contributed by atoms with Gasteiger partial charge in [-0.2, -0.15) is 5.10 Å². The van der Waals surface area contributed by atoms with Crippen molar-refractivity contribution in [2.24, 2.45) is 12.8 Å². The molecule has 0 bridgehead atoms. The second-order valence-electron chi connectivity index (χ2n) is 3.75. The first-order valence-corrected chi connectivity index (χ1v) is 5.44. The third-order valence-electron chi connectivity index (χ3n) is 2.52. The second kappa shape index (κ2) is 4.97. The molecule has 2 aromatic rings. The zero-order valence-corrected chi connectivity index (χ0v) is 9.65. The minimum absolute atomic E-state index is 0.243. The van der Waals surface area contributed by atoms with E-state index in [4.69, 9.17) is 5.73 Å². The summed E-state index contributed by atoms with van der Waals surface area (Å²) in [5.74, 6) is -0.243. The maximum absolute atomic E-state index is 12.9. The van der Waals surface area contributed by atoms with Gasteiger partial charge in [0.2, 0.25) is 0 Å². The lowest BCUT2D eigenvalue weighted by Gasteiger charge is -2.08. The second-order valence-corrected chi connectivity index (χ2v) is 3.75. The van der Waals surface area contributed by atoms with Gasteiger partial charge < -0.3 is 11.1 Å². The van der Waals surface area contributed by atoms with Gasteiger partial charge in [0.05, 0.1) is 17.6 Å². The normalized spacial score (nSPS) is 10.5.